The van der Waals surface area contributed by atoms with Crippen molar-refractivity contribution in [1.29, 1.82) is 0 Å². The van der Waals surface area contributed by atoms with E-state index >= 15 is 0 Å². The number of nitrogens with zero attached hydrogens (tertiary/aromatic N) is 1. The molecule has 1 aromatic rings. The molecule has 0 aromatic carbocycles. The van der Waals surface area contributed by atoms with E-state index in [4.69, 9.17) is 16.7 Å². The first-order valence-electron chi connectivity index (χ1n) is 6.14. The Labute approximate surface area is 117 Å². The molecule has 0 aliphatic heterocycles. The highest BCUT2D eigenvalue weighted by Gasteiger charge is 2.20. The van der Waals surface area contributed by atoms with Gasteiger partial charge in [0.25, 0.3) is 0 Å². The monoisotopic (exact) mass is 289 g/mol. The molecule has 0 radical (unpaired) electrons. The van der Waals surface area contributed by atoms with E-state index in [1.54, 1.807) is 11.3 Å². The second-order valence-corrected chi connectivity index (χ2v) is 6.39. The van der Waals surface area contributed by atoms with Gasteiger partial charge >= 0.3 is 5.97 Å². The van der Waals surface area contributed by atoms with Crippen LogP contribution in [0.3, 0.4) is 0 Å². The van der Waals surface area contributed by atoms with Crippen LogP contribution >= 0.6 is 22.9 Å². The van der Waals surface area contributed by atoms with Gasteiger partial charge in [-0.05, 0) is 45.9 Å². The molecule has 0 spiro atoms. The third-order valence-corrected chi connectivity index (χ3v) is 4.37. The standard InChI is InChI=1S/C13H20ClNO2S/c1-9(2)15(8-4-5-13(16)17)10(3)11-6-7-12(14)18-11/h6-7,9-10H,4-5,8H2,1-3H3,(H,16,17). The topological polar surface area (TPSA) is 40.5 Å². The quantitative estimate of drug-likeness (QED) is 0.823. The average Bonchev–Trinajstić information content (AvgIpc) is 2.69. The molecule has 0 amide bonds. The Morgan fingerprint density at radius 3 is 2.56 bits per heavy atom. The van der Waals surface area contributed by atoms with Gasteiger partial charge in [0.05, 0.1) is 4.34 Å². The Morgan fingerprint density at radius 1 is 1.44 bits per heavy atom. The highest BCUT2D eigenvalue weighted by Crippen LogP contribution is 2.31. The molecule has 0 bridgehead atoms. The van der Waals surface area contributed by atoms with Crippen molar-refractivity contribution in [2.45, 2.75) is 45.7 Å². The number of carbonyl (C=O) groups is 1. The average molecular weight is 290 g/mol. The van der Waals surface area contributed by atoms with Crippen LogP contribution in [0.1, 0.15) is 44.5 Å². The van der Waals surface area contributed by atoms with Crippen molar-refractivity contribution < 1.29 is 9.90 Å². The van der Waals surface area contributed by atoms with Crippen molar-refractivity contribution in [3.05, 3.63) is 21.3 Å². The summed E-state index contributed by atoms with van der Waals surface area (Å²) in [6.07, 6.45) is 0.901. The summed E-state index contributed by atoms with van der Waals surface area (Å²) in [5, 5.41) is 8.69. The van der Waals surface area contributed by atoms with Crippen molar-refractivity contribution >= 4 is 28.9 Å². The number of hydrogen-bond donors (Lipinski definition) is 1. The minimum absolute atomic E-state index is 0.223. The van der Waals surface area contributed by atoms with E-state index in [1.165, 1.54) is 4.88 Å². The predicted molar refractivity (Wildman–Crippen MR) is 76.5 cm³/mol. The van der Waals surface area contributed by atoms with Crippen LogP contribution in [0, 0.1) is 0 Å². The maximum absolute atomic E-state index is 10.6. The lowest BCUT2D eigenvalue weighted by Gasteiger charge is -2.32. The molecule has 0 aliphatic carbocycles. The lowest BCUT2D eigenvalue weighted by atomic mass is 10.1. The van der Waals surface area contributed by atoms with Crippen LogP contribution in [-0.4, -0.2) is 28.6 Å². The van der Waals surface area contributed by atoms with Crippen LogP contribution in [0.5, 0.6) is 0 Å². The third kappa shape index (κ3) is 4.59. The van der Waals surface area contributed by atoms with Crippen molar-refractivity contribution in [2.24, 2.45) is 0 Å². The maximum Gasteiger partial charge on any atom is 0.303 e. The fourth-order valence-electron chi connectivity index (χ4n) is 2.03. The Bertz CT molecular complexity index is 392. The molecule has 102 valence electrons. The summed E-state index contributed by atoms with van der Waals surface area (Å²) < 4.78 is 0.797. The van der Waals surface area contributed by atoms with Crippen molar-refractivity contribution in [1.82, 2.24) is 4.90 Å². The first-order valence-corrected chi connectivity index (χ1v) is 7.34. The fraction of sp³-hybridized carbons (Fsp3) is 0.615. The lowest BCUT2D eigenvalue weighted by molar-refractivity contribution is -0.137. The number of rotatable bonds is 7. The SMILES string of the molecule is CC(C)N(CCCC(=O)O)C(C)c1ccc(Cl)s1. The summed E-state index contributed by atoms with van der Waals surface area (Å²) in [7, 11) is 0. The van der Waals surface area contributed by atoms with Crippen LogP contribution in [0.4, 0.5) is 0 Å². The molecular weight excluding hydrogens is 270 g/mol. The van der Waals surface area contributed by atoms with Gasteiger partial charge in [0.1, 0.15) is 0 Å². The molecule has 1 N–H and O–H groups in total. The highest BCUT2D eigenvalue weighted by molar-refractivity contribution is 7.16. The Kier molecular flexibility index (Phi) is 6.12. The minimum atomic E-state index is -0.731. The molecule has 0 saturated carbocycles. The molecule has 1 atom stereocenters. The highest BCUT2D eigenvalue weighted by atomic mass is 35.5. The summed E-state index contributed by atoms with van der Waals surface area (Å²) in [4.78, 5) is 14.1. The molecule has 18 heavy (non-hydrogen) atoms. The summed E-state index contributed by atoms with van der Waals surface area (Å²) in [5.41, 5.74) is 0. The van der Waals surface area contributed by atoms with E-state index in [0.717, 1.165) is 10.9 Å². The zero-order valence-electron chi connectivity index (χ0n) is 11.0. The largest absolute Gasteiger partial charge is 0.481 e. The zero-order valence-corrected chi connectivity index (χ0v) is 12.6. The number of aliphatic carboxylic acids is 1. The van der Waals surface area contributed by atoms with Gasteiger partial charge in [-0.1, -0.05) is 11.6 Å². The number of hydrogen-bond acceptors (Lipinski definition) is 3. The second kappa shape index (κ2) is 7.12. The molecular formula is C13H20ClNO2S. The van der Waals surface area contributed by atoms with Gasteiger partial charge < -0.3 is 5.11 Å². The van der Waals surface area contributed by atoms with E-state index in [0.29, 0.717) is 12.5 Å². The van der Waals surface area contributed by atoms with Gasteiger partial charge in [-0.2, -0.15) is 0 Å². The molecule has 0 aliphatic rings. The number of halogens is 1. The van der Waals surface area contributed by atoms with E-state index in [-0.39, 0.29) is 12.5 Å². The minimum Gasteiger partial charge on any atom is -0.481 e. The van der Waals surface area contributed by atoms with E-state index in [9.17, 15) is 4.79 Å². The van der Waals surface area contributed by atoms with Gasteiger partial charge in [-0.25, -0.2) is 0 Å². The van der Waals surface area contributed by atoms with Crippen molar-refractivity contribution in [3.8, 4) is 0 Å². The van der Waals surface area contributed by atoms with Gasteiger partial charge in [0, 0.05) is 23.4 Å². The molecule has 1 unspecified atom stereocenters. The molecule has 1 heterocycles. The van der Waals surface area contributed by atoms with E-state index in [1.807, 2.05) is 12.1 Å². The maximum atomic E-state index is 10.6. The smallest absolute Gasteiger partial charge is 0.303 e. The van der Waals surface area contributed by atoms with Gasteiger partial charge in [0.15, 0.2) is 0 Å². The first-order chi connectivity index (χ1) is 8.41. The van der Waals surface area contributed by atoms with Gasteiger partial charge in [0.2, 0.25) is 0 Å². The van der Waals surface area contributed by atoms with Crippen LogP contribution in [-0.2, 0) is 4.79 Å². The lowest BCUT2D eigenvalue weighted by Crippen LogP contribution is -2.34. The number of thiophene rings is 1. The zero-order chi connectivity index (χ0) is 13.7. The van der Waals surface area contributed by atoms with Gasteiger partial charge in [-0.3, -0.25) is 9.69 Å². The molecule has 5 heteroatoms. The van der Waals surface area contributed by atoms with Crippen LogP contribution < -0.4 is 0 Å². The van der Waals surface area contributed by atoms with Gasteiger partial charge in [-0.15, -0.1) is 11.3 Å². The summed E-state index contributed by atoms with van der Waals surface area (Å²) >= 11 is 7.55. The van der Waals surface area contributed by atoms with Crippen LogP contribution in [0.2, 0.25) is 4.34 Å². The third-order valence-electron chi connectivity index (χ3n) is 2.97. The molecule has 1 rings (SSSR count). The van der Waals surface area contributed by atoms with E-state index < -0.39 is 5.97 Å². The summed E-state index contributed by atoms with van der Waals surface area (Å²) in [5.74, 6) is -0.731. The van der Waals surface area contributed by atoms with E-state index in [2.05, 4.69) is 25.7 Å². The molecule has 0 saturated heterocycles. The molecule has 3 nitrogen and oxygen atoms in total. The van der Waals surface area contributed by atoms with Crippen LogP contribution in [0.15, 0.2) is 12.1 Å². The second-order valence-electron chi connectivity index (χ2n) is 4.65. The van der Waals surface area contributed by atoms with Crippen LogP contribution in [0.25, 0.3) is 0 Å². The summed E-state index contributed by atoms with van der Waals surface area (Å²) in [6, 6.07) is 4.61. The Hall–Kier alpha value is -0.580. The number of carboxylic acids is 1. The predicted octanol–water partition coefficient (Wildman–Crippen LogP) is 4.04. The summed E-state index contributed by atoms with van der Waals surface area (Å²) in [6.45, 7) is 7.20. The molecule has 1 aromatic heterocycles. The molecule has 0 fully saturated rings. The first kappa shape index (κ1) is 15.5. The fourth-order valence-corrected chi connectivity index (χ4v) is 3.16. The normalized spacial score (nSPS) is 13.2. The number of carboxylic acid groups (broad SMARTS) is 1. The van der Waals surface area contributed by atoms with Crippen molar-refractivity contribution in [2.75, 3.05) is 6.54 Å². The Morgan fingerprint density at radius 2 is 2.11 bits per heavy atom. The Balaban J connectivity index is 2.63. The van der Waals surface area contributed by atoms with Crippen molar-refractivity contribution in [3.63, 3.8) is 0 Å².